The van der Waals surface area contributed by atoms with E-state index >= 15 is 0 Å². The summed E-state index contributed by atoms with van der Waals surface area (Å²) in [5.41, 5.74) is 0.797. The standard InChI is InChI=1S/C17H19ClN2O4S/c1-12(20-25(22,23)15-9-7-14(18)8-10-15)17(21)19-11-13-5-3-4-6-16(13)24-2/h3-10,12,20H,11H2,1-2H3,(H,19,21)/t12-/m1/s1. The van der Waals surface area contributed by atoms with Crippen LogP contribution in [-0.2, 0) is 21.4 Å². The van der Waals surface area contributed by atoms with E-state index in [1.807, 2.05) is 18.2 Å². The van der Waals surface area contributed by atoms with Crippen molar-refractivity contribution in [2.75, 3.05) is 7.11 Å². The molecule has 0 aliphatic heterocycles. The molecule has 0 saturated heterocycles. The van der Waals surface area contributed by atoms with Gasteiger partial charge in [-0.2, -0.15) is 4.72 Å². The number of carbonyl (C=O) groups excluding carboxylic acids is 1. The van der Waals surface area contributed by atoms with Crippen LogP contribution in [0.5, 0.6) is 5.75 Å². The Kier molecular flexibility index (Phi) is 6.41. The van der Waals surface area contributed by atoms with Crippen LogP contribution < -0.4 is 14.8 Å². The van der Waals surface area contributed by atoms with Gasteiger partial charge >= 0.3 is 0 Å². The van der Waals surface area contributed by atoms with Crippen molar-refractivity contribution >= 4 is 27.5 Å². The van der Waals surface area contributed by atoms with Gasteiger partial charge in [0.1, 0.15) is 5.75 Å². The number of halogens is 1. The Balaban J connectivity index is 1.99. The smallest absolute Gasteiger partial charge is 0.241 e. The van der Waals surface area contributed by atoms with Gasteiger partial charge < -0.3 is 10.1 Å². The van der Waals surface area contributed by atoms with Gasteiger partial charge in [0.15, 0.2) is 0 Å². The van der Waals surface area contributed by atoms with Crippen molar-refractivity contribution < 1.29 is 17.9 Å². The minimum Gasteiger partial charge on any atom is -0.496 e. The van der Waals surface area contributed by atoms with Gasteiger partial charge in [-0.3, -0.25) is 4.79 Å². The largest absolute Gasteiger partial charge is 0.496 e. The molecule has 2 aromatic rings. The van der Waals surface area contributed by atoms with Crippen LogP contribution in [0.2, 0.25) is 5.02 Å². The van der Waals surface area contributed by atoms with Crippen molar-refractivity contribution in [3.63, 3.8) is 0 Å². The van der Waals surface area contributed by atoms with E-state index in [0.717, 1.165) is 5.56 Å². The number of methoxy groups -OCH3 is 1. The van der Waals surface area contributed by atoms with E-state index < -0.39 is 22.0 Å². The maximum atomic E-state index is 12.3. The topological polar surface area (TPSA) is 84.5 Å². The fourth-order valence-electron chi connectivity index (χ4n) is 2.15. The summed E-state index contributed by atoms with van der Waals surface area (Å²) in [5.74, 6) is 0.209. The Morgan fingerprint density at radius 2 is 1.80 bits per heavy atom. The Bertz CT molecular complexity index is 838. The summed E-state index contributed by atoms with van der Waals surface area (Å²) in [7, 11) is -2.27. The van der Waals surface area contributed by atoms with E-state index in [2.05, 4.69) is 10.0 Å². The number of carbonyl (C=O) groups is 1. The number of hydrogen-bond acceptors (Lipinski definition) is 4. The highest BCUT2D eigenvalue weighted by atomic mass is 35.5. The molecule has 8 heteroatoms. The number of ether oxygens (including phenoxy) is 1. The Labute approximate surface area is 152 Å². The molecule has 1 amide bonds. The van der Waals surface area contributed by atoms with Crippen molar-refractivity contribution in [1.82, 2.24) is 10.0 Å². The average Bonchev–Trinajstić information content (AvgIpc) is 2.59. The zero-order valence-electron chi connectivity index (χ0n) is 13.8. The summed E-state index contributed by atoms with van der Waals surface area (Å²) in [6, 6.07) is 12.0. The molecule has 0 aliphatic carbocycles. The van der Waals surface area contributed by atoms with Crippen LogP contribution in [0.4, 0.5) is 0 Å². The third-order valence-corrected chi connectivity index (χ3v) is 5.30. The van der Waals surface area contributed by atoms with Gasteiger partial charge in [0.05, 0.1) is 18.0 Å². The van der Waals surface area contributed by atoms with Gasteiger partial charge in [0, 0.05) is 17.1 Å². The summed E-state index contributed by atoms with van der Waals surface area (Å²) in [4.78, 5) is 12.2. The minimum atomic E-state index is -3.81. The summed E-state index contributed by atoms with van der Waals surface area (Å²) < 4.78 is 32.1. The van der Waals surface area contributed by atoms with Gasteiger partial charge in [0.25, 0.3) is 0 Å². The van der Waals surface area contributed by atoms with Gasteiger partial charge in [-0.1, -0.05) is 29.8 Å². The fourth-order valence-corrected chi connectivity index (χ4v) is 3.48. The first-order chi connectivity index (χ1) is 11.8. The van der Waals surface area contributed by atoms with Crippen molar-refractivity contribution in [3.8, 4) is 5.75 Å². The number of rotatable bonds is 7. The molecule has 2 aromatic carbocycles. The number of hydrogen-bond donors (Lipinski definition) is 2. The predicted octanol–water partition coefficient (Wildman–Crippen LogP) is 2.33. The molecule has 2 N–H and O–H groups in total. The molecule has 0 spiro atoms. The molecule has 0 heterocycles. The lowest BCUT2D eigenvalue weighted by molar-refractivity contribution is -0.122. The zero-order chi connectivity index (χ0) is 18.4. The van der Waals surface area contributed by atoms with Gasteiger partial charge in [0.2, 0.25) is 15.9 Å². The lowest BCUT2D eigenvalue weighted by Crippen LogP contribution is -2.44. The molecular formula is C17H19ClN2O4S. The Morgan fingerprint density at radius 1 is 1.16 bits per heavy atom. The molecule has 0 fully saturated rings. The normalized spacial score (nSPS) is 12.4. The Hall–Kier alpha value is -2.09. The summed E-state index contributed by atoms with van der Waals surface area (Å²) in [5, 5.41) is 3.12. The highest BCUT2D eigenvalue weighted by Crippen LogP contribution is 2.17. The van der Waals surface area contributed by atoms with E-state index in [0.29, 0.717) is 10.8 Å². The predicted molar refractivity (Wildman–Crippen MR) is 96.1 cm³/mol. The molecule has 1 atom stereocenters. The molecule has 0 aliphatic rings. The molecule has 0 aromatic heterocycles. The van der Waals surface area contributed by atoms with Crippen LogP contribution in [0.3, 0.4) is 0 Å². The summed E-state index contributed by atoms with van der Waals surface area (Å²) in [6.07, 6.45) is 0. The lowest BCUT2D eigenvalue weighted by Gasteiger charge is -2.15. The molecular weight excluding hydrogens is 364 g/mol. The highest BCUT2D eigenvalue weighted by molar-refractivity contribution is 7.89. The Morgan fingerprint density at radius 3 is 2.44 bits per heavy atom. The molecule has 2 rings (SSSR count). The van der Waals surface area contributed by atoms with Crippen molar-refractivity contribution in [2.45, 2.75) is 24.4 Å². The van der Waals surface area contributed by atoms with Crippen LogP contribution in [0, 0.1) is 0 Å². The summed E-state index contributed by atoms with van der Waals surface area (Å²) >= 11 is 5.75. The van der Waals surface area contributed by atoms with Gasteiger partial charge in [-0.05, 0) is 37.3 Å². The van der Waals surface area contributed by atoms with E-state index in [1.165, 1.54) is 31.2 Å². The summed E-state index contributed by atoms with van der Waals surface area (Å²) in [6.45, 7) is 1.71. The first-order valence-electron chi connectivity index (χ1n) is 7.51. The molecule has 134 valence electrons. The zero-order valence-corrected chi connectivity index (χ0v) is 15.4. The van der Waals surface area contributed by atoms with Gasteiger partial charge in [-0.25, -0.2) is 8.42 Å². The molecule has 0 unspecified atom stereocenters. The van der Waals surface area contributed by atoms with E-state index in [-0.39, 0.29) is 11.4 Å². The highest BCUT2D eigenvalue weighted by Gasteiger charge is 2.22. The first kappa shape index (κ1) is 19.2. The third kappa shape index (κ3) is 5.19. The lowest BCUT2D eigenvalue weighted by atomic mass is 10.2. The van der Waals surface area contributed by atoms with Crippen LogP contribution in [-0.4, -0.2) is 27.5 Å². The molecule has 25 heavy (non-hydrogen) atoms. The SMILES string of the molecule is COc1ccccc1CNC(=O)[C@@H](C)NS(=O)(=O)c1ccc(Cl)cc1. The molecule has 0 radical (unpaired) electrons. The number of amides is 1. The average molecular weight is 383 g/mol. The van der Waals surface area contributed by atoms with Gasteiger partial charge in [-0.15, -0.1) is 0 Å². The van der Waals surface area contributed by atoms with Crippen LogP contribution >= 0.6 is 11.6 Å². The van der Waals surface area contributed by atoms with E-state index in [1.54, 1.807) is 13.2 Å². The van der Waals surface area contributed by atoms with Crippen molar-refractivity contribution in [2.24, 2.45) is 0 Å². The molecule has 0 saturated carbocycles. The second-order valence-corrected chi connectivity index (χ2v) is 7.48. The number of sulfonamides is 1. The minimum absolute atomic E-state index is 0.0429. The fraction of sp³-hybridized carbons (Fsp3) is 0.235. The van der Waals surface area contributed by atoms with Crippen molar-refractivity contribution in [1.29, 1.82) is 0 Å². The van der Waals surface area contributed by atoms with Crippen LogP contribution in [0.15, 0.2) is 53.4 Å². The van der Waals surface area contributed by atoms with Crippen LogP contribution in [0.1, 0.15) is 12.5 Å². The number of nitrogens with one attached hydrogen (secondary N) is 2. The maximum Gasteiger partial charge on any atom is 0.241 e. The quantitative estimate of drug-likeness (QED) is 0.769. The van der Waals surface area contributed by atoms with Crippen molar-refractivity contribution in [3.05, 3.63) is 59.1 Å². The van der Waals surface area contributed by atoms with E-state index in [9.17, 15) is 13.2 Å². The maximum absolute atomic E-state index is 12.3. The van der Waals surface area contributed by atoms with E-state index in [4.69, 9.17) is 16.3 Å². The number of benzene rings is 2. The first-order valence-corrected chi connectivity index (χ1v) is 9.37. The monoisotopic (exact) mass is 382 g/mol. The van der Waals surface area contributed by atoms with Crippen LogP contribution in [0.25, 0.3) is 0 Å². The second kappa shape index (κ2) is 8.33. The molecule has 0 bridgehead atoms. The number of para-hydroxylation sites is 1. The third-order valence-electron chi connectivity index (χ3n) is 3.49. The molecule has 6 nitrogen and oxygen atoms in total. The second-order valence-electron chi connectivity index (χ2n) is 5.33.